The Hall–Kier alpha value is -2.95. The fourth-order valence-electron chi connectivity index (χ4n) is 4.89. The van der Waals surface area contributed by atoms with Crippen LogP contribution in [-0.4, -0.2) is 47.5 Å². The third-order valence-corrected chi connectivity index (χ3v) is 8.91. The first kappa shape index (κ1) is 25.7. The highest BCUT2D eigenvalue weighted by Crippen LogP contribution is 2.35. The minimum absolute atomic E-state index is 0.118. The van der Waals surface area contributed by atoms with Crippen molar-refractivity contribution in [1.29, 1.82) is 0 Å². The molecule has 3 aromatic heterocycles. The number of hydrogen-bond acceptors (Lipinski definition) is 7. The minimum Gasteiger partial charge on any atom is -0.376 e. The second kappa shape index (κ2) is 10.1. The molecule has 37 heavy (non-hydrogen) atoms. The smallest absolute Gasteiger partial charge is 0.269 e. The zero-order chi connectivity index (χ0) is 26.3. The van der Waals surface area contributed by atoms with Gasteiger partial charge in [0.05, 0.1) is 22.0 Å². The average Bonchev–Trinajstić information content (AvgIpc) is 3.22. The van der Waals surface area contributed by atoms with Crippen molar-refractivity contribution in [2.75, 3.05) is 23.3 Å². The van der Waals surface area contributed by atoms with Gasteiger partial charge in [0.25, 0.3) is 10.0 Å². The molecule has 0 amide bonds. The summed E-state index contributed by atoms with van der Waals surface area (Å²) in [6.45, 7) is 10.2. The van der Waals surface area contributed by atoms with Crippen LogP contribution in [0.5, 0.6) is 0 Å². The van der Waals surface area contributed by atoms with E-state index in [1.54, 1.807) is 36.7 Å². The van der Waals surface area contributed by atoms with E-state index in [1.807, 2.05) is 25.1 Å². The second-order valence-electron chi connectivity index (χ2n) is 9.81. The SMILES string of the molecule is Cc1ccc(S(=O)(=O)n2cc(Br)c3c(NC(C)c4cccc(N5C[C@@H](C)N[C@@H](C)C5)n4)ccnc32)cc1. The Kier molecular flexibility index (Phi) is 6.99. The first-order chi connectivity index (χ1) is 17.6. The Morgan fingerprint density at radius 3 is 2.49 bits per heavy atom. The quantitative estimate of drug-likeness (QED) is 0.327. The number of benzene rings is 1. The maximum Gasteiger partial charge on any atom is 0.269 e. The van der Waals surface area contributed by atoms with Crippen molar-refractivity contribution in [2.24, 2.45) is 0 Å². The Labute approximate surface area is 226 Å². The number of anilines is 2. The number of nitrogens with zero attached hydrogens (tertiary/aromatic N) is 4. The first-order valence-corrected chi connectivity index (χ1v) is 14.6. The van der Waals surface area contributed by atoms with Gasteiger partial charge in [-0.2, -0.15) is 0 Å². The third kappa shape index (κ3) is 5.10. The molecule has 1 aliphatic rings. The number of rotatable bonds is 6. The van der Waals surface area contributed by atoms with Gasteiger partial charge in [-0.05, 0) is 74.0 Å². The van der Waals surface area contributed by atoms with Crippen LogP contribution < -0.4 is 15.5 Å². The third-order valence-electron chi connectivity index (χ3n) is 6.64. The van der Waals surface area contributed by atoms with E-state index < -0.39 is 10.0 Å². The summed E-state index contributed by atoms with van der Waals surface area (Å²) in [5.74, 6) is 0.961. The summed E-state index contributed by atoms with van der Waals surface area (Å²) in [4.78, 5) is 11.9. The summed E-state index contributed by atoms with van der Waals surface area (Å²) in [5.41, 5.74) is 3.04. The Bertz CT molecular complexity index is 1530. The molecular weight excluding hydrogens is 552 g/mol. The van der Waals surface area contributed by atoms with E-state index in [9.17, 15) is 8.42 Å². The van der Waals surface area contributed by atoms with Crippen molar-refractivity contribution in [1.82, 2.24) is 19.3 Å². The number of aryl methyl sites for hydroxylation is 1. The first-order valence-electron chi connectivity index (χ1n) is 12.4. The summed E-state index contributed by atoms with van der Waals surface area (Å²) < 4.78 is 28.7. The Morgan fingerprint density at radius 2 is 1.78 bits per heavy atom. The Morgan fingerprint density at radius 1 is 1.08 bits per heavy atom. The number of halogens is 1. The molecule has 194 valence electrons. The molecule has 3 atom stereocenters. The molecule has 4 heterocycles. The zero-order valence-electron chi connectivity index (χ0n) is 21.3. The van der Waals surface area contributed by atoms with Crippen LogP contribution in [0.1, 0.15) is 38.1 Å². The lowest BCUT2D eigenvalue weighted by Gasteiger charge is -2.37. The molecule has 8 nitrogen and oxygen atoms in total. The Balaban J connectivity index is 1.45. The lowest BCUT2D eigenvalue weighted by atomic mass is 10.1. The molecule has 1 aliphatic heterocycles. The number of fused-ring (bicyclic) bond motifs is 1. The normalized spacial score (nSPS) is 19.2. The summed E-state index contributed by atoms with van der Waals surface area (Å²) >= 11 is 3.57. The standard InChI is InChI=1S/C27H31BrN6O2S/c1-17-8-10-21(11-9-17)37(35,36)34-16-22(28)26-24(12-13-29-27(26)34)31-20(4)23-6-5-7-25(32-23)33-14-18(2)30-19(3)15-33/h5-13,16,18-20,30H,14-15H2,1-4H3,(H,29,31)/t18-,19+,20?. The van der Waals surface area contributed by atoms with E-state index in [0.717, 1.165) is 35.9 Å². The predicted octanol–water partition coefficient (Wildman–Crippen LogP) is 5.10. The van der Waals surface area contributed by atoms with Gasteiger partial charge < -0.3 is 15.5 Å². The number of aromatic nitrogens is 3. The van der Waals surface area contributed by atoms with E-state index in [1.165, 1.54) is 3.97 Å². The van der Waals surface area contributed by atoms with Gasteiger partial charge in [0.15, 0.2) is 5.65 Å². The van der Waals surface area contributed by atoms with Gasteiger partial charge >= 0.3 is 0 Å². The largest absolute Gasteiger partial charge is 0.376 e. The van der Waals surface area contributed by atoms with Crippen molar-refractivity contribution in [3.8, 4) is 0 Å². The number of nitrogens with one attached hydrogen (secondary N) is 2. The van der Waals surface area contributed by atoms with E-state index >= 15 is 0 Å². The van der Waals surface area contributed by atoms with Gasteiger partial charge in [0.2, 0.25) is 0 Å². The lowest BCUT2D eigenvalue weighted by Crippen LogP contribution is -2.54. The van der Waals surface area contributed by atoms with Crippen LogP contribution in [0.15, 0.2) is 70.3 Å². The summed E-state index contributed by atoms with van der Waals surface area (Å²) in [6, 6.07) is 15.4. The molecule has 0 spiro atoms. The molecule has 0 saturated carbocycles. The lowest BCUT2D eigenvalue weighted by molar-refractivity contribution is 0.405. The van der Waals surface area contributed by atoms with Crippen molar-refractivity contribution in [2.45, 2.75) is 50.7 Å². The van der Waals surface area contributed by atoms with E-state index in [2.05, 4.69) is 63.3 Å². The van der Waals surface area contributed by atoms with E-state index in [0.29, 0.717) is 27.6 Å². The van der Waals surface area contributed by atoms with Crippen LogP contribution in [0.2, 0.25) is 0 Å². The summed E-state index contributed by atoms with van der Waals surface area (Å²) in [5, 5.41) is 7.79. The fourth-order valence-corrected chi connectivity index (χ4v) is 6.94. The van der Waals surface area contributed by atoms with Gasteiger partial charge in [-0.3, -0.25) is 0 Å². The molecule has 10 heteroatoms. The highest BCUT2D eigenvalue weighted by Gasteiger charge is 2.25. The van der Waals surface area contributed by atoms with E-state index in [-0.39, 0.29) is 10.9 Å². The molecule has 1 fully saturated rings. The minimum atomic E-state index is -3.81. The fraction of sp³-hybridized carbons (Fsp3) is 0.333. The summed E-state index contributed by atoms with van der Waals surface area (Å²) in [7, 11) is -3.81. The van der Waals surface area contributed by atoms with Crippen molar-refractivity contribution >= 4 is 48.5 Å². The van der Waals surface area contributed by atoms with Crippen molar-refractivity contribution < 1.29 is 8.42 Å². The maximum absolute atomic E-state index is 13.4. The van der Waals surface area contributed by atoms with Crippen LogP contribution in [-0.2, 0) is 10.0 Å². The van der Waals surface area contributed by atoms with E-state index in [4.69, 9.17) is 4.98 Å². The van der Waals surface area contributed by atoms with Crippen molar-refractivity contribution in [3.05, 3.63) is 76.7 Å². The maximum atomic E-state index is 13.4. The monoisotopic (exact) mass is 582 g/mol. The number of piperazine rings is 1. The van der Waals surface area contributed by atoms with Gasteiger partial charge in [-0.15, -0.1) is 0 Å². The molecule has 1 unspecified atom stereocenters. The highest BCUT2D eigenvalue weighted by molar-refractivity contribution is 9.10. The number of pyridine rings is 2. The topological polar surface area (TPSA) is 92.2 Å². The van der Waals surface area contributed by atoms with Crippen LogP contribution in [0.3, 0.4) is 0 Å². The predicted molar refractivity (Wildman–Crippen MR) is 152 cm³/mol. The van der Waals surface area contributed by atoms with Crippen molar-refractivity contribution in [3.63, 3.8) is 0 Å². The van der Waals surface area contributed by atoms with Crippen LogP contribution in [0, 0.1) is 6.92 Å². The molecule has 1 aromatic carbocycles. The molecular formula is C27H31BrN6O2S. The molecule has 0 bridgehead atoms. The van der Waals surface area contributed by atoms with Crippen LogP contribution in [0.4, 0.5) is 11.5 Å². The second-order valence-corrected chi connectivity index (χ2v) is 12.5. The van der Waals surface area contributed by atoms with Gasteiger partial charge in [-0.1, -0.05) is 23.8 Å². The van der Waals surface area contributed by atoms with Crippen LogP contribution >= 0.6 is 15.9 Å². The molecule has 2 N–H and O–H groups in total. The summed E-state index contributed by atoms with van der Waals surface area (Å²) in [6.07, 6.45) is 3.19. The molecule has 5 rings (SSSR count). The molecule has 4 aromatic rings. The zero-order valence-corrected chi connectivity index (χ0v) is 23.7. The van der Waals surface area contributed by atoms with Gasteiger partial charge in [0, 0.05) is 47.7 Å². The molecule has 0 radical (unpaired) electrons. The van der Waals surface area contributed by atoms with Gasteiger partial charge in [0.1, 0.15) is 5.82 Å². The van der Waals surface area contributed by atoms with Crippen LogP contribution in [0.25, 0.3) is 11.0 Å². The molecule has 0 aliphatic carbocycles. The highest BCUT2D eigenvalue weighted by atomic mass is 79.9. The molecule has 1 saturated heterocycles. The van der Waals surface area contributed by atoms with Gasteiger partial charge in [-0.25, -0.2) is 22.4 Å². The number of hydrogen-bond donors (Lipinski definition) is 2. The average molecular weight is 584 g/mol.